The maximum absolute atomic E-state index is 13.0. The Morgan fingerprint density at radius 2 is 1.76 bits per heavy atom. The van der Waals surface area contributed by atoms with Crippen molar-refractivity contribution in [2.45, 2.75) is 33.9 Å². The second kappa shape index (κ2) is 8.37. The number of aromatic nitrogens is 1. The second-order valence-corrected chi connectivity index (χ2v) is 7.65. The normalized spacial score (nSPS) is 12.9. The van der Waals surface area contributed by atoms with Crippen LogP contribution in [-0.4, -0.2) is 17.4 Å². The number of benzene rings is 2. The van der Waals surface area contributed by atoms with Crippen LogP contribution in [0.15, 0.2) is 51.9 Å². The quantitative estimate of drug-likeness (QED) is 0.469. The standard InChI is InChI=1S/C22H22F3N3S/c1-5-26-21-28(27-12-17-7-6-8-18(11-17)22(23,24)25)20(13-29-21)19-10-15(3)14(2)9-16(19)4/h6-13H,5H2,1-4H3. The van der Waals surface area contributed by atoms with Gasteiger partial charge in [-0.15, -0.1) is 11.3 Å². The van der Waals surface area contributed by atoms with Gasteiger partial charge in [-0.05, 0) is 68.1 Å². The van der Waals surface area contributed by atoms with Gasteiger partial charge >= 0.3 is 6.18 Å². The highest BCUT2D eigenvalue weighted by molar-refractivity contribution is 7.07. The number of hydrogen-bond acceptors (Lipinski definition) is 3. The fourth-order valence-electron chi connectivity index (χ4n) is 3.00. The lowest BCUT2D eigenvalue weighted by Gasteiger charge is -2.10. The average molecular weight is 418 g/mol. The average Bonchev–Trinajstić information content (AvgIpc) is 3.05. The van der Waals surface area contributed by atoms with Gasteiger partial charge in [0.15, 0.2) is 0 Å². The summed E-state index contributed by atoms with van der Waals surface area (Å²) in [6, 6.07) is 9.36. The van der Waals surface area contributed by atoms with E-state index in [2.05, 4.69) is 36.1 Å². The third-order valence-electron chi connectivity index (χ3n) is 4.63. The number of nitrogens with zero attached hydrogens (tertiary/aromatic N) is 3. The van der Waals surface area contributed by atoms with Crippen molar-refractivity contribution in [3.8, 4) is 11.3 Å². The van der Waals surface area contributed by atoms with E-state index in [9.17, 15) is 13.2 Å². The maximum Gasteiger partial charge on any atom is 0.416 e. The van der Waals surface area contributed by atoms with Gasteiger partial charge in [-0.2, -0.15) is 18.3 Å². The molecule has 0 fully saturated rings. The van der Waals surface area contributed by atoms with Crippen LogP contribution in [0.1, 0.15) is 34.7 Å². The minimum Gasteiger partial charge on any atom is -0.258 e. The Hall–Kier alpha value is -2.67. The molecule has 0 amide bonds. The van der Waals surface area contributed by atoms with E-state index in [4.69, 9.17) is 0 Å². The summed E-state index contributed by atoms with van der Waals surface area (Å²) in [5.74, 6) is 0. The molecular weight excluding hydrogens is 395 g/mol. The summed E-state index contributed by atoms with van der Waals surface area (Å²) in [4.78, 5) is 5.18. The van der Waals surface area contributed by atoms with Crippen LogP contribution in [0.3, 0.4) is 0 Å². The van der Waals surface area contributed by atoms with Crippen molar-refractivity contribution in [3.05, 3.63) is 74.4 Å². The van der Waals surface area contributed by atoms with Crippen LogP contribution in [0.5, 0.6) is 0 Å². The van der Waals surface area contributed by atoms with Crippen LogP contribution in [-0.2, 0) is 6.18 Å². The van der Waals surface area contributed by atoms with Crippen molar-refractivity contribution in [2.24, 2.45) is 10.1 Å². The molecule has 0 aliphatic heterocycles. The van der Waals surface area contributed by atoms with Crippen molar-refractivity contribution < 1.29 is 13.2 Å². The van der Waals surface area contributed by atoms with Crippen molar-refractivity contribution in [1.82, 2.24) is 4.68 Å². The molecule has 0 radical (unpaired) electrons. The van der Waals surface area contributed by atoms with E-state index in [0.29, 0.717) is 16.9 Å². The highest BCUT2D eigenvalue weighted by Gasteiger charge is 2.30. The SMILES string of the molecule is CCN=c1scc(-c2cc(C)c(C)cc2C)n1N=Cc1cccc(C(F)(F)F)c1. The molecule has 0 saturated heterocycles. The molecule has 3 nitrogen and oxygen atoms in total. The second-order valence-electron chi connectivity index (χ2n) is 6.81. The van der Waals surface area contributed by atoms with Crippen molar-refractivity contribution in [1.29, 1.82) is 0 Å². The molecule has 3 rings (SSSR count). The Balaban J connectivity index is 2.11. The smallest absolute Gasteiger partial charge is 0.258 e. The maximum atomic E-state index is 13.0. The minimum atomic E-state index is -4.39. The lowest BCUT2D eigenvalue weighted by atomic mass is 9.99. The van der Waals surface area contributed by atoms with Gasteiger partial charge in [0, 0.05) is 17.5 Å². The molecule has 2 aromatic carbocycles. The zero-order valence-corrected chi connectivity index (χ0v) is 17.5. The molecule has 0 aliphatic carbocycles. The van der Waals surface area contributed by atoms with Gasteiger partial charge in [0.05, 0.1) is 17.5 Å². The van der Waals surface area contributed by atoms with Crippen LogP contribution in [0.25, 0.3) is 11.3 Å². The first-order chi connectivity index (χ1) is 13.7. The first-order valence-electron chi connectivity index (χ1n) is 9.21. The van der Waals surface area contributed by atoms with E-state index in [1.165, 1.54) is 34.7 Å². The number of rotatable bonds is 4. The lowest BCUT2D eigenvalue weighted by Crippen LogP contribution is -2.13. The zero-order valence-electron chi connectivity index (χ0n) is 16.7. The van der Waals surface area contributed by atoms with E-state index < -0.39 is 11.7 Å². The Labute approximate surface area is 171 Å². The van der Waals surface area contributed by atoms with Gasteiger partial charge in [0.25, 0.3) is 0 Å². The number of halogens is 3. The Morgan fingerprint density at radius 3 is 2.45 bits per heavy atom. The fraction of sp³-hybridized carbons (Fsp3) is 0.273. The Morgan fingerprint density at radius 1 is 1.03 bits per heavy atom. The number of aryl methyl sites for hydroxylation is 3. The predicted octanol–water partition coefficient (Wildman–Crippen LogP) is 5.96. The van der Waals surface area contributed by atoms with Crippen LogP contribution < -0.4 is 4.80 Å². The van der Waals surface area contributed by atoms with Crippen LogP contribution in [0.2, 0.25) is 0 Å². The topological polar surface area (TPSA) is 29.6 Å². The first kappa shape index (κ1) is 21.0. The Kier molecular flexibility index (Phi) is 6.07. The molecule has 1 heterocycles. The van der Waals surface area contributed by atoms with Crippen LogP contribution >= 0.6 is 11.3 Å². The molecule has 0 unspecified atom stereocenters. The first-order valence-corrected chi connectivity index (χ1v) is 10.1. The highest BCUT2D eigenvalue weighted by atomic mass is 32.1. The van der Waals surface area contributed by atoms with Crippen molar-refractivity contribution in [3.63, 3.8) is 0 Å². The number of hydrogen-bond donors (Lipinski definition) is 0. The molecule has 0 atom stereocenters. The van der Waals surface area contributed by atoms with Crippen LogP contribution in [0, 0.1) is 20.8 Å². The minimum absolute atomic E-state index is 0.378. The molecule has 3 aromatic rings. The van der Waals surface area contributed by atoms with E-state index in [-0.39, 0.29) is 0 Å². The zero-order chi connectivity index (χ0) is 21.2. The van der Waals surface area contributed by atoms with E-state index in [1.54, 1.807) is 10.7 Å². The van der Waals surface area contributed by atoms with Gasteiger partial charge in [-0.3, -0.25) is 4.99 Å². The molecule has 7 heteroatoms. The van der Waals surface area contributed by atoms with Gasteiger partial charge in [0.1, 0.15) is 0 Å². The number of thiazole rings is 1. The largest absolute Gasteiger partial charge is 0.416 e. The Bertz CT molecular complexity index is 1120. The summed E-state index contributed by atoms with van der Waals surface area (Å²) in [6.45, 7) is 8.68. The molecular formula is C22H22F3N3S. The molecule has 29 heavy (non-hydrogen) atoms. The molecule has 1 aromatic heterocycles. The molecule has 0 spiro atoms. The van der Waals surface area contributed by atoms with E-state index in [0.717, 1.165) is 29.0 Å². The summed E-state index contributed by atoms with van der Waals surface area (Å²) in [7, 11) is 0. The van der Waals surface area contributed by atoms with E-state index >= 15 is 0 Å². The summed E-state index contributed by atoms with van der Waals surface area (Å²) in [6.07, 6.45) is -2.94. The van der Waals surface area contributed by atoms with Gasteiger partial charge in [-0.1, -0.05) is 18.2 Å². The van der Waals surface area contributed by atoms with Crippen LogP contribution in [0.4, 0.5) is 13.2 Å². The molecule has 152 valence electrons. The highest BCUT2D eigenvalue weighted by Crippen LogP contribution is 2.29. The van der Waals surface area contributed by atoms with Gasteiger partial charge in [-0.25, -0.2) is 4.68 Å². The lowest BCUT2D eigenvalue weighted by molar-refractivity contribution is -0.137. The summed E-state index contributed by atoms with van der Waals surface area (Å²) in [5.41, 5.74) is 5.06. The van der Waals surface area contributed by atoms with Gasteiger partial charge in [0.2, 0.25) is 4.80 Å². The summed E-state index contributed by atoms with van der Waals surface area (Å²) >= 11 is 1.46. The van der Waals surface area contributed by atoms with Gasteiger partial charge < -0.3 is 0 Å². The van der Waals surface area contributed by atoms with Crippen molar-refractivity contribution >= 4 is 17.6 Å². The fourth-order valence-corrected chi connectivity index (χ4v) is 3.89. The molecule has 0 saturated carbocycles. The molecule has 0 N–H and O–H groups in total. The molecule has 0 bridgehead atoms. The third kappa shape index (κ3) is 4.67. The van der Waals surface area contributed by atoms with E-state index in [1.807, 2.05) is 19.2 Å². The monoisotopic (exact) mass is 417 g/mol. The predicted molar refractivity (Wildman–Crippen MR) is 112 cm³/mol. The van der Waals surface area contributed by atoms with Crippen molar-refractivity contribution in [2.75, 3.05) is 6.54 Å². The summed E-state index contributed by atoms with van der Waals surface area (Å²) in [5, 5.41) is 6.47. The molecule has 0 aliphatic rings. The third-order valence-corrected chi connectivity index (χ3v) is 5.49. The summed E-state index contributed by atoms with van der Waals surface area (Å²) < 4.78 is 40.6. The number of alkyl halides is 3.